The first kappa shape index (κ1) is 23.0. The lowest BCUT2D eigenvalue weighted by molar-refractivity contribution is -0.383. The molecule has 0 spiro atoms. The van der Waals surface area contributed by atoms with Gasteiger partial charge < -0.3 is 0 Å². The van der Waals surface area contributed by atoms with Gasteiger partial charge in [0.05, 0.1) is 15.5 Å². The van der Waals surface area contributed by atoms with E-state index >= 15 is 0 Å². The number of benzene rings is 2. The number of hydrogen-bond acceptors (Lipinski definition) is 8. The first-order chi connectivity index (χ1) is 15.3. The van der Waals surface area contributed by atoms with Crippen molar-refractivity contribution in [1.29, 1.82) is 0 Å². The van der Waals surface area contributed by atoms with E-state index in [1.807, 2.05) is 0 Å². The van der Waals surface area contributed by atoms with Crippen molar-refractivity contribution in [2.45, 2.75) is 0 Å². The number of hydrogen-bond donors (Lipinski definition) is 4. The molecule has 1 aromatic heterocycles. The molecule has 3 aromatic rings. The monoisotopic (exact) mass is 495 g/mol. The molecule has 2 aromatic carbocycles. The number of hydrazine groups is 2. The molecule has 14 heteroatoms. The number of aromatic nitrogens is 2. The number of carbonyl (C=O) groups is 2. The van der Waals surface area contributed by atoms with Gasteiger partial charge in [-0.25, -0.2) is 9.97 Å². The Morgan fingerprint density at radius 3 is 1.97 bits per heavy atom. The quantitative estimate of drug-likeness (QED) is 0.284. The molecular formula is C18H12Cl3N7O4. The number of carbonyl (C=O) groups excluding carboxylic acids is 2. The summed E-state index contributed by atoms with van der Waals surface area (Å²) in [7, 11) is 0. The van der Waals surface area contributed by atoms with E-state index in [0.717, 1.165) is 6.33 Å². The highest BCUT2D eigenvalue weighted by Gasteiger charge is 2.24. The Hall–Kier alpha value is -3.67. The van der Waals surface area contributed by atoms with Gasteiger partial charge in [0.1, 0.15) is 6.33 Å². The van der Waals surface area contributed by atoms with Gasteiger partial charge >= 0.3 is 5.69 Å². The highest BCUT2D eigenvalue weighted by Crippen LogP contribution is 2.28. The van der Waals surface area contributed by atoms with Crippen LogP contribution in [0.4, 0.5) is 17.3 Å². The molecule has 3 rings (SSSR count). The third-order valence-electron chi connectivity index (χ3n) is 3.88. The van der Waals surface area contributed by atoms with Crippen LogP contribution in [0, 0.1) is 10.1 Å². The fourth-order valence-electron chi connectivity index (χ4n) is 2.38. The number of halogens is 3. The topological polar surface area (TPSA) is 151 Å². The minimum Gasteiger partial charge on any atom is -0.276 e. The Morgan fingerprint density at radius 2 is 1.41 bits per heavy atom. The van der Waals surface area contributed by atoms with Crippen LogP contribution in [0.25, 0.3) is 0 Å². The minimum atomic E-state index is -0.791. The molecule has 0 fully saturated rings. The number of amides is 2. The third kappa shape index (κ3) is 5.52. The number of anilines is 2. The summed E-state index contributed by atoms with van der Waals surface area (Å²) in [6.07, 6.45) is 0.994. The van der Waals surface area contributed by atoms with Gasteiger partial charge in [-0.05, 0) is 42.5 Å². The first-order valence-electron chi connectivity index (χ1n) is 8.59. The zero-order valence-corrected chi connectivity index (χ0v) is 18.0. The van der Waals surface area contributed by atoms with Crippen molar-refractivity contribution in [2.24, 2.45) is 0 Å². The number of rotatable bonds is 7. The van der Waals surface area contributed by atoms with E-state index in [0.29, 0.717) is 10.0 Å². The average Bonchev–Trinajstić information content (AvgIpc) is 2.76. The largest absolute Gasteiger partial charge is 0.356 e. The molecule has 4 N–H and O–H groups in total. The molecule has 0 bridgehead atoms. The van der Waals surface area contributed by atoms with Crippen LogP contribution in [-0.4, -0.2) is 26.7 Å². The summed E-state index contributed by atoms with van der Waals surface area (Å²) in [6, 6.07) is 10.2. The summed E-state index contributed by atoms with van der Waals surface area (Å²) in [5.74, 6) is -1.94. The van der Waals surface area contributed by atoms with Crippen molar-refractivity contribution in [2.75, 3.05) is 10.9 Å². The average molecular weight is 497 g/mol. The van der Waals surface area contributed by atoms with E-state index in [2.05, 4.69) is 31.7 Å². The van der Waals surface area contributed by atoms with Gasteiger partial charge in [-0.2, -0.15) is 0 Å². The minimum absolute atomic E-state index is 0.0776. The maximum Gasteiger partial charge on any atom is 0.356 e. The lowest BCUT2D eigenvalue weighted by Crippen LogP contribution is -2.32. The van der Waals surface area contributed by atoms with Crippen molar-refractivity contribution < 1.29 is 14.5 Å². The number of nitro groups is 1. The molecule has 32 heavy (non-hydrogen) atoms. The third-order valence-corrected chi connectivity index (χ3v) is 4.68. The normalized spacial score (nSPS) is 10.2. The molecule has 0 saturated heterocycles. The van der Waals surface area contributed by atoms with Gasteiger partial charge in [-0.1, -0.05) is 34.8 Å². The van der Waals surface area contributed by atoms with Gasteiger partial charge in [0.25, 0.3) is 11.8 Å². The number of nitrogens with one attached hydrogen (secondary N) is 4. The van der Waals surface area contributed by atoms with Crippen LogP contribution >= 0.6 is 34.8 Å². The Kier molecular flexibility index (Phi) is 7.25. The van der Waals surface area contributed by atoms with Gasteiger partial charge in [-0.15, -0.1) is 0 Å². The molecule has 2 amide bonds. The molecule has 0 aliphatic heterocycles. The van der Waals surface area contributed by atoms with E-state index in [1.54, 1.807) is 0 Å². The van der Waals surface area contributed by atoms with E-state index in [1.165, 1.54) is 42.5 Å². The lowest BCUT2D eigenvalue weighted by atomic mass is 10.2. The fourth-order valence-corrected chi connectivity index (χ4v) is 3.00. The van der Waals surface area contributed by atoms with Crippen molar-refractivity contribution >= 4 is 63.9 Å². The molecule has 1 heterocycles. The van der Waals surface area contributed by atoms with Gasteiger partial charge in [0.2, 0.25) is 11.6 Å². The zero-order chi connectivity index (χ0) is 23.3. The summed E-state index contributed by atoms with van der Waals surface area (Å²) in [4.78, 5) is 42.8. The van der Waals surface area contributed by atoms with E-state index in [4.69, 9.17) is 34.8 Å². The van der Waals surface area contributed by atoms with Crippen molar-refractivity contribution in [3.05, 3.63) is 85.1 Å². The molecule has 0 saturated carbocycles. The standard InChI is InChI=1S/C18H12Cl3N7O4/c19-10-3-1-9(2-4-10)17(29)26-24-15-14(28(31)32)16(23-8-22-15)25-27-18(30)12-6-5-11(20)7-13(12)21/h1-8H,(H,26,29)(H,27,30)(H2,22,23,24,25). The molecule has 0 unspecified atom stereocenters. The van der Waals surface area contributed by atoms with Crippen LogP contribution in [0.3, 0.4) is 0 Å². The Balaban J connectivity index is 1.74. The molecule has 11 nitrogen and oxygen atoms in total. The molecular weight excluding hydrogens is 485 g/mol. The van der Waals surface area contributed by atoms with Crippen LogP contribution in [0.1, 0.15) is 20.7 Å². The smallest absolute Gasteiger partial charge is 0.276 e. The maximum absolute atomic E-state index is 12.3. The summed E-state index contributed by atoms with van der Waals surface area (Å²) in [5, 5.41) is 12.4. The van der Waals surface area contributed by atoms with Gasteiger partial charge in [-0.3, -0.25) is 41.4 Å². The SMILES string of the molecule is O=C(NNc1ncnc(NNC(=O)c2ccc(Cl)cc2Cl)c1[N+](=O)[O-])c1ccc(Cl)cc1. The van der Waals surface area contributed by atoms with Crippen molar-refractivity contribution in [1.82, 2.24) is 20.8 Å². The molecule has 0 radical (unpaired) electrons. The molecule has 0 aliphatic rings. The predicted molar refractivity (Wildman–Crippen MR) is 119 cm³/mol. The van der Waals surface area contributed by atoms with Crippen LogP contribution in [-0.2, 0) is 0 Å². The Morgan fingerprint density at radius 1 is 0.844 bits per heavy atom. The Labute approximate surface area is 195 Å². The predicted octanol–water partition coefficient (Wildman–Crippen LogP) is 3.86. The summed E-state index contributed by atoms with van der Waals surface area (Å²) >= 11 is 17.6. The second kappa shape index (κ2) is 10.1. The van der Waals surface area contributed by atoms with E-state index < -0.39 is 22.4 Å². The van der Waals surface area contributed by atoms with E-state index in [-0.39, 0.29) is 27.8 Å². The highest BCUT2D eigenvalue weighted by atomic mass is 35.5. The van der Waals surface area contributed by atoms with Crippen molar-refractivity contribution in [3.8, 4) is 0 Å². The highest BCUT2D eigenvalue weighted by molar-refractivity contribution is 6.36. The number of nitrogens with zero attached hydrogens (tertiary/aromatic N) is 3. The van der Waals surface area contributed by atoms with Crippen molar-refractivity contribution in [3.63, 3.8) is 0 Å². The van der Waals surface area contributed by atoms with E-state index in [9.17, 15) is 19.7 Å². The molecule has 164 valence electrons. The zero-order valence-electron chi connectivity index (χ0n) is 15.7. The summed E-state index contributed by atoms with van der Waals surface area (Å²) in [6.45, 7) is 0. The second-order valence-corrected chi connectivity index (χ2v) is 7.25. The fraction of sp³-hybridized carbons (Fsp3) is 0. The second-order valence-electron chi connectivity index (χ2n) is 5.97. The summed E-state index contributed by atoms with van der Waals surface area (Å²) in [5.41, 5.74) is 8.96. The van der Waals surface area contributed by atoms with Crippen LogP contribution in [0.15, 0.2) is 48.8 Å². The molecule has 0 atom stereocenters. The Bertz CT molecular complexity index is 1190. The van der Waals surface area contributed by atoms with Crippen LogP contribution in [0.2, 0.25) is 15.1 Å². The molecule has 0 aliphatic carbocycles. The van der Waals surface area contributed by atoms with Gasteiger partial charge in [0, 0.05) is 15.6 Å². The lowest BCUT2D eigenvalue weighted by Gasteiger charge is -2.12. The van der Waals surface area contributed by atoms with Gasteiger partial charge in [0.15, 0.2) is 0 Å². The maximum atomic E-state index is 12.3. The van der Waals surface area contributed by atoms with Crippen LogP contribution < -0.4 is 21.7 Å². The first-order valence-corrected chi connectivity index (χ1v) is 9.72. The summed E-state index contributed by atoms with van der Waals surface area (Å²) < 4.78 is 0. The van der Waals surface area contributed by atoms with Crippen LogP contribution in [0.5, 0.6) is 0 Å².